The molecule has 2 aromatic heterocycles. The van der Waals surface area contributed by atoms with Crippen LogP contribution in [0.15, 0.2) is 46.9 Å². The Kier molecular flexibility index (Phi) is 4.55. The van der Waals surface area contributed by atoms with Gasteiger partial charge in [-0.25, -0.2) is 17.9 Å². The molecule has 0 spiro atoms. The summed E-state index contributed by atoms with van der Waals surface area (Å²) in [6.07, 6.45) is 3.23. The van der Waals surface area contributed by atoms with Gasteiger partial charge in [0.05, 0.1) is 11.4 Å². The zero-order valence-corrected chi connectivity index (χ0v) is 15.2. The quantitative estimate of drug-likeness (QED) is 0.687. The zero-order valence-electron chi connectivity index (χ0n) is 12.8. The second kappa shape index (κ2) is 6.51. The average molecular weight is 398 g/mol. The van der Waals surface area contributed by atoms with E-state index in [2.05, 4.69) is 9.82 Å². The lowest BCUT2D eigenvalue weighted by Gasteiger charge is -2.12. The summed E-state index contributed by atoms with van der Waals surface area (Å²) in [7, 11) is -3.97. The van der Waals surface area contributed by atoms with Gasteiger partial charge in [-0.05, 0) is 42.8 Å². The van der Waals surface area contributed by atoms with E-state index in [1.54, 1.807) is 37.5 Å². The molecular weight excluding hydrogens is 386 g/mol. The number of nitrogens with zero attached hydrogens (tertiary/aromatic N) is 2. The number of aryl methyl sites for hydroxylation is 1. The van der Waals surface area contributed by atoms with E-state index in [9.17, 15) is 13.2 Å². The third-order valence-corrected chi connectivity index (χ3v) is 6.61. The van der Waals surface area contributed by atoms with Crippen LogP contribution in [0, 0.1) is 6.92 Å². The standard InChI is InChI=1S/C15H12ClN3O4S2/c1-9-7-13(24-14(9)15(20)21)25(22,23)18-11-8-10(16)3-4-12(11)19-6-2-5-17-19/h2-8,18H,1H3,(H,20,21). The van der Waals surface area contributed by atoms with E-state index in [0.29, 0.717) is 27.6 Å². The summed E-state index contributed by atoms with van der Waals surface area (Å²) in [5.41, 5.74) is 1.11. The highest BCUT2D eigenvalue weighted by atomic mass is 35.5. The Bertz CT molecular complexity index is 1040. The van der Waals surface area contributed by atoms with Crippen molar-refractivity contribution in [2.75, 3.05) is 4.72 Å². The Morgan fingerprint density at radius 1 is 1.36 bits per heavy atom. The zero-order chi connectivity index (χ0) is 18.2. The Morgan fingerprint density at radius 3 is 2.72 bits per heavy atom. The fourth-order valence-corrected chi connectivity index (χ4v) is 4.81. The van der Waals surface area contributed by atoms with E-state index in [0.717, 1.165) is 0 Å². The highest BCUT2D eigenvalue weighted by molar-refractivity contribution is 7.94. The van der Waals surface area contributed by atoms with Crippen molar-refractivity contribution in [1.82, 2.24) is 9.78 Å². The van der Waals surface area contributed by atoms with E-state index in [4.69, 9.17) is 16.7 Å². The van der Waals surface area contributed by atoms with E-state index < -0.39 is 16.0 Å². The van der Waals surface area contributed by atoms with Gasteiger partial charge < -0.3 is 5.11 Å². The van der Waals surface area contributed by atoms with Crippen LogP contribution in [0.5, 0.6) is 0 Å². The number of thiophene rings is 1. The minimum Gasteiger partial charge on any atom is -0.477 e. The minimum atomic E-state index is -3.97. The summed E-state index contributed by atoms with van der Waals surface area (Å²) < 4.78 is 29.2. The van der Waals surface area contributed by atoms with Crippen molar-refractivity contribution in [2.24, 2.45) is 0 Å². The summed E-state index contributed by atoms with van der Waals surface area (Å²) in [4.78, 5) is 11.1. The van der Waals surface area contributed by atoms with Gasteiger partial charge >= 0.3 is 5.97 Å². The number of sulfonamides is 1. The molecule has 0 saturated carbocycles. The Balaban J connectivity index is 2.03. The van der Waals surface area contributed by atoms with Crippen LogP contribution < -0.4 is 4.72 Å². The molecule has 3 aromatic rings. The number of nitrogens with one attached hydrogen (secondary N) is 1. The Labute approximate surface area is 152 Å². The SMILES string of the molecule is Cc1cc(S(=O)(=O)Nc2cc(Cl)ccc2-n2cccn2)sc1C(=O)O. The van der Waals surface area contributed by atoms with Crippen LogP contribution in [0.3, 0.4) is 0 Å². The van der Waals surface area contributed by atoms with Gasteiger partial charge in [0.25, 0.3) is 10.0 Å². The maximum atomic E-state index is 12.7. The van der Waals surface area contributed by atoms with Crippen LogP contribution in [0.4, 0.5) is 5.69 Å². The highest BCUT2D eigenvalue weighted by Gasteiger charge is 2.23. The molecule has 0 bridgehead atoms. The first kappa shape index (κ1) is 17.5. The molecule has 2 heterocycles. The lowest BCUT2D eigenvalue weighted by molar-refractivity contribution is 0.0701. The number of carboxylic acids is 1. The van der Waals surface area contributed by atoms with Gasteiger partial charge in [0.1, 0.15) is 9.09 Å². The lowest BCUT2D eigenvalue weighted by atomic mass is 10.3. The molecule has 0 radical (unpaired) electrons. The first-order valence-corrected chi connectivity index (χ1v) is 9.62. The van der Waals surface area contributed by atoms with Gasteiger partial charge in [-0.15, -0.1) is 11.3 Å². The summed E-state index contributed by atoms with van der Waals surface area (Å²) in [5, 5.41) is 13.5. The first-order chi connectivity index (χ1) is 11.8. The second-order valence-corrected chi connectivity index (χ2v) is 8.50. The molecular formula is C15H12ClN3O4S2. The van der Waals surface area contributed by atoms with Crippen molar-refractivity contribution >= 4 is 44.6 Å². The van der Waals surface area contributed by atoms with Crippen molar-refractivity contribution in [2.45, 2.75) is 11.1 Å². The third kappa shape index (κ3) is 3.53. The van der Waals surface area contributed by atoms with Crippen LogP contribution in [0.1, 0.15) is 15.2 Å². The number of carboxylic acid groups (broad SMARTS) is 1. The van der Waals surface area contributed by atoms with Gasteiger partial charge in [0.15, 0.2) is 0 Å². The van der Waals surface area contributed by atoms with Gasteiger partial charge in [0, 0.05) is 17.4 Å². The summed E-state index contributed by atoms with van der Waals surface area (Å²) >= 11 is 6.68. The molecule has 0 fully saturated rings. The van der Waals surface area contributed by atoms with Crippen LogP contribution >= 0.6 is 22.9 Å². The molecule has 10 heteroatoms. The number of aromatic nitrogens is 2. The van der Waals surface area contributed by atoms with E-state index >= 15 is 0 Å². The van der Waals surface area contributed by atoms with Crippen molar-refractivity contribution in [3.8, 4) is 5.69 Å². The molecule has 0 amide bonds. The number of benzene rings is 1. The van der Waals surface area contributed by atoms with Crippen molar-refractivity contribution in [3.63, 3.8) is 0 Å². The normalized spacial score (nSPS) is 11.4. The van der Waals surface area contributed by atoms with E-state index in [1.807, 2.05) is 0 Å². The smallest absolute Gasteiger partial charge is 0.346 e. The number of hydrogen-bond acceptors (Lipinski definition) is 5. The molecule has 130 valence electrons. The van der Waals surface area contributed by atoms with Crippen LogP contribution in [0.2, 0.25) is 5.02 Å². The van der Waals surface area contributed by atoms with Crippen molar-refractivity contribution in [3.05, 3.63) is 58.2 Å². The molecule has 0 saturated heterocycles. The summed E-state index contributed by atoms with van der Waals surface area (Å²) in [6.45, 7) is 1.55. The first-order valence-electron chi connectivity index (χ1n) is 6.94. The van der Waals surface area contributed by atoms with E-state index in [-0.39, 0.29) is 14.8 Å². The van der Waals surface area contributed by atoms with Gasteiger partial charge in [-0.3, -0.25) is 4.72 Å². The number of halogens is 1. The molecule has 2 N–H and O–H groups in total. The van der Waals surface area contributed by atoms with Crippen molar-refractivity contribution < 1.29 is 18.3 Å². The highest BCUT2D eigenvalue weighted by Crippen LogP contribution is 2.30. The number of hydrogen-bond donors (Lipinski definition) is 2. The number of carbonyl (C=O) groups is 1. The molecule has 25 heavy (non-hydrogen) atoms. The number of rotatable bonds is 5. The fourth-order valence-electron chi connectivity index (χ4n) is 2.19. The van der Waals surface area contributed by atoms with E-state index in [1.165, 1.54) is 16.8 Å². The van der Waals surface area contributed by atoms with Gasteiger partial charge in [-0.2, -0.15) is 5.10 Å². The fraction of sp³-hybridized carbons (Fsp3) is 0.0667. The summed E-state index contributed by atoms with van der Waals surface area (Å²) in [6, 6.07) is 7.75. The minimum absolute atomic E-state index is 0.0150. The maximum absolute atomic E-state index is 12.7. The van der Waals surface area contributed by atoms with Crippen molar-refractivity contribution in [1.29, 1.82) is 0 Å². The average Bonchev–Trinajstić information content (AvgIpc) is 3.16. The monoisotopic (exact) mass is 397 g/mol. The Morgan fingerprint density at radius 2 is 2.12 bits per heavy atom. The van der Waals surface area contributed by atoms with Crippen LogP contribution in [0.25, 0.3) is 5.69 Å². The van der Waals surface area contributed by atoms with Gasteiger partial charge in [0.2, 0.25) is 0 Å². The van der Waals surface area contributed by atoms with Gasteiger partial charge in [-0.1, -0.05) is 11.6 Å². The number of anilines is 1. The number of aromatic carboxylic acids is 1. The summed E-state index contributed by atoms with van der Waals surface area (Å²) in [5.74, 6) is -1.16. The molecule has 0 unspecified atom stereocenters. The second-order valence-electron chi connectivity index (χ2n) is 5.10. The van der Waals surface area contributed by atoms with Crippen LogP contribution in [-0.2, 0) is 10.0 Å². The molecule has 7 nitrogen and oxygen atoms in total. The third-order valence-electron chi connectivity index (χ3n) is 3.31. The lowest BCUT2D eigenvalue weighted by Crippen LogP contribution is -2.13. The van der Waals surface area contributed by atoms with Crippen LogP contribution in [-0.4, -0.2) is 29.3 Å². The largest absolute Gasteiger partial charge is 0.477 e. The molecule has 3 rings (SSSR count). The molecule has 1 aromatic carbocycles. The molecule has 0 aliphatic carbocycles. The topological polar surface area (TPSA) is 101 Å². The molecule has 0 atom stereocenters. The molecule has 0 aliphatic heterocycles. The predicted molar refractivity (Wildman–Crippen MR) is 95.4 cm³/mol. The molecule has 0 aliphatic rings. The maximum Gasteiger partial charge on any atom is 0.346 e. The predicted octanol–water partition coefficient (Wildman–Crippen LogP) is 3.39. The Hall–Kier alpha value is -2.36.